The minimum absolute atomic E-state index is 0.439. The molecule has 31 heavy (non-hydrogen) atoms. The molecule has 1 N–H and O–H groups in total. The minimum atomic E-state index is -0.595. The lowest BCUT2D eigenvalue weighted by Gasteiger charge is -2.20. The Kier molecular flexibility index (Phi) is 6.74. The first-order chi connectivity index (χ1) is 14.8. The van der Waals surface area contributed by atoms with E-state index >= 15 is 0 Å². The van der Waals surface area contributed by atoms with E-state index in [0.29, 0.717) is 18.0 Å². The molecule has 0 aliphatic rings. The number of carbonyl (C=O) groups is 2. The Balaban J connectivity index is 1.85. The average Bonchev–Trinajstić information content (AvgIpc) is 3.21. The molecule has 0 aliphatic heterocycles. The number of nitrogens with zero attached hydrogens (tertiary/aromatic N) is 2. The summed E-state index contributed by atoms with van der Waals surface area (Å²) in [6.07, 6.45) is 4.98. The summed E-state index contributed by atoms with van der Waals surface area (Å²) >= 11 is 0. The molecule has 7 heteroatoms. The van der Waals surface area contributed by atoms with E-state index in [1.54, 1.807) is 36.8 Å². The fourth-order valence-corrected chi connectivity index (χ4v) is 2.93. The van der Waals surface area contributed by atoms with E-state index in [9.17, 15) is 9.59 Å². The molecule has 7 nitrogen and oxygen atoms in total. The van der Waals surface area contributed by atoms with Gasteiger partial charge in [-0.15, -0.1) is 0 Å². The number of nitrogens with one attached hydrogen (secondary N) is 1. The highest BCUT2D eigenvalue weighted by atomic mass is 16.6. The van der Waals surface area contributed by atoms with Crippen molar-refractivity contribution in [2.45, 2.75) is 39.7 Å². The van der Waals surface area contributed by atoms with Crippen molar-refractivity contribution in [1.82, 2.24) is 14.9 Å². The summed E-state index contributed by atoms with van der Waals surface area (Å²) < 4.78 is 12.3. The Hall–Kier alpha value is -3.61. The first-order valence-electron chi connectivity index (χ1n) is 10.2. The summed E-state index contributed by atoms with van der Waals surface area (Å²) in [7, 11) is 0. The van der Waals surface area contributed by atoms with Gasteiger partial charge >= 0.3 is 12.2 Å². The van der Waals surface area contributed by atoms with Crippen LogP contribution in [0, 0.1) is 0 Å². The van der Waals surface area contributed by atoms with Gasteiger partial charge in [0.05, 0.1) is 5.69 Å². The van der Waals surface area contributed by atoms with Crippen LogP contribution >= 0.6 is 0 Å². The third-order valence-electron chi connectivity index (χ3n) is 4.27. The van der Waals surface area contributed by atoms with E-state index < -0.39 is 17.8 Å². The largest absolute Gasteiger partial charge is 0.443 e. The molecule has 1 aromatic carbocycles. The number of aromatic nitrogens is 2. The zero-order chi connectivity index (χ0) is 22.4. The highest BCUT2D eigenvalue weighted by Gasteiger charge is 2.20. The summed E-state index contributed by atoms with van der Waals surface area (Å²) in [5, 5.41) is 2.68. The Labute approximate surface area is 182 Å². The molecule has 162 valence electrons. The Bertz CT molecular complexity index is 1070. The van der Waals surface area contributed by atoms with Crippen LogP contribution in [0.4, 0.5) is 9.59 Å². The zero-order valence-corrected chi connectivity index (χ0v) is 18.2. The summed E-state index contributed by atoms with van der Waals surface area (Å²) in [4.78, 5) is 28.7. The van der Waals surface area contributed by atoms with Crippen LogP contribution in [0.5, 0.6) is 5.75 Å². The van der Waals surface area contributed by atoms with Crippen molar-refractivity contribution in [3.05, 3.63) is 61.1 Å². The molecule has 0 atom stereocenters. The second-order valence-corrected chi connectivity index (χ2v) is 8.05. The Morgan fingerprint density at radius 3 is 2.55 bits per heavy atom. The van der Waals surface area contributed by atoms with Gasteiger partial charge in [-0.3, -0.25) is 9.55 Å². The molecule has 0 radical (unpaired) electrons. The van der Waals surface area contributed by atoms with Crippen LogP contribution in [0.3, 0.4) is 0 Å². The average molecular weight is 421 g/mol. The number of benzene rings is 1. The van der Waals surface area contributed by atoms with Gasteiger partial charge in [0, 0.05) is 36.3 Å². The van der Waals surface area contributed by atoms with E-state index in [-0.39, 0.29) is 0 Å². The topological polar surface area (TPSA) is 82.5 Å². The molecule has 0 unspecified atom stereocenters. The fraction of sp³-hybridized carbons (Fsp3) is 0.292. The molecule has 0 saturated carbocycles. The lowest BCUT2D eigenvalue weighted by atomic mass is 10.0. The van der Waals surface area contributed by atoms with Crippen molar-refractivity contribution in [2.24, 2.45) is 0 Å². The van der Waals surface area contributed by atoms with Gasteiger partial charge < -0.3 is 14.8 Å². The molecular formula is C24H27N3O4. The first-order valence-corrected chi connectivity index (χ1v) is 10.2. The number of amides is 1. The molecule has 3 aromatic rings. The van der Waals surface area contributed by atoms with Gasteiger partial charge in [-0.05, 0) is 63.1 Å². The van der Waals surface area contributed by atoms with Gasteiger partial charge in [0.25, 0.3) is 0 Å². The van der Waals surface area contributed by atoms with Gasteiger partial charge in [-0.2, -0.15) is 0 Å². The minimum Gasteiger partial charge on any atom is -0.443 e. The van der Waals surface area contributed by atoms with E-state index in [1.807, 2.05) is 52.0 Å². The highest BCUT2D eigenvalue weighted by molar-refractivity contribution is 5.80. The van der Waals surface area contributed by atoms with Crippen molar-refractivity contribution in [3.63, 3.8) is 0 Å². The van der Waals surface area contributed by atoms with E-state index in [0.717, 1.165) is 23.1 Å². The van der Waals surface area contributed by atoms with E-state index in [4.69, 9.17) is 9.47 Å². The van der Waals surface area contributed by atoms with Crippen LogP contribution in [0.1, 0.15) is 34.1 Å². The maximum absolute atomic E-state index is 12.6. The molecule has 0 bridgehead atoms. The summed E-state index contributed by atoms with van der Waals surface area (Å²) in [6.45, 7) is 8.01. The number of ether oxygens (including phenoxy) is 2. The number of hydrogen-bond donors (Lipinski definition) is 1. The predicted octanol–water partition coefficient (Wildman–Crippen LogP) is 5.50. The third-order valence-corrected chi connectivity index (χ3v) is 4.27. The second kappa shape index (κ2) is 9.47. The van der Waals surface area contributed by atoms with Crippen molar-refractivity contribution >= 4 is 12.2 Å². The van der Waals surface area contributed by atoms with Gasteiger partial charge in [-0.25, -0.2) is 9.59 Å². The van der Waals surface area contributed by atoms with E-state index in [1.165, 1.54) is 4.57 Å². The number of hydrogen-bond acceptors (Lipinski definition) is 5. The smallest absolute Gasteiger partial charge is 0.418 e. The van der Waals surface area contributed by atoms with Crippen LogP contribution < -0.4 is 10.1 Å². The molecular weight excluding hydrogens is 394 g/mol. The number of carbonyl (C=O) groups excluding carboxylic acids is 2. The molecule has 0 saturated heterocycles. The zero-order valence-electron chi connectivity index (χ0n) is 18.2. The summed E-state index contributed by atoms with van der Waals surface area (Å²) in [5.74, 6) is 0.439. The standard InChI is InChI=1S/C24H27N3O4/c1-5-11-26-22(28)30-20-9-6-8-17(14-20)18-13-19(16-25-15-18)21-10-7-12-27(21)23(29)31-24(2,3)4/h6-10,12-16H,5,11H2,1-4H3,(H,26,28). The maximum Gasteiger partial charge on any atom is 0.418 e. The van der Waals surface area contributed by atoms with Crippen molar-refractivity contribution in [3.8, 4) is 28.1 Å². The van der Waals surface area contributed by atoms with Gasteiger partial charge in [0.15, 0.2) is 0 Å². The van der Waals surface area contributed by atoms with Crippen LogP contribution in [-0.2, 0) is 4.74 Å². The SMILES string of the molecule is CCCNC(=O)Oc1cccc(-c2cncc(-c3cccn3C(=O)OC(C)(C)C)c2)c1. The van der Waals surface area contributed by atoms with Crippen molar-refractivity contribution in [1.29, 1.82) is 0 Å². The molecule has 2 aromatic heterocycles. The summed E-state index contributed by atoms with van der Waals surface area (Å²) in [6, 6.07) is 12.8. The van der Waals surface area contributed by atoms with Crippen molar-refractivity contribution in [2.75, 3.05) is 6.54 Å². The third kappa shape index (κ3) is 5.94. The molecule has 0 aliphatic carbocycles. The van der Waals surface area contributed by atoms with Crippen LogP contribution in [0.2, 0.25) is 0 Å². The lowest BCUT2D eigenvalue weighted by molar-refractivity contribution is 0.0540. The second-order valence-electron chi connectivity index (χ2n) is 8.05. The van der Waals surface area contributed by atoms with Crippen molar-refractivity contribution < 1.29 is 19.1 Å². The van der Waals surface area contributed by atoms with Crippen LogP contribution in [0.15, 0.2) is 61.1 Å². The molecule has 2 heterocycles. The molecule has 0 spiro atoms. The monoisotopic (exact) mass is 421 g/mol. The Morgan fingerprint density at radius 1 is 1.03 bits per heavy atom. The first kappa shape index (κ1) is 22.1. The fourth-order valence-electron chi connectivity index (χ4n) is 2.93. The Morgan fingerprint density at radius 2 is 1.81 bits per heavy atom. The normalized spacial score (nSPS) is 11.1. The molecule has 3 rings (SSSR count). The number of pyridine rings is 1. The highest BCUT2D eigenvalue weighted by Crippen LogP contribution is 2.28. The van der Waals surface area contributed by atoms with E-state index in [2.05, 4.69) is 10.3 Å². The summed E-state index contributed by atoms with van der Waals surface area (Å²) in [5.41, 5.74) is 2.51. The van der Waals surface area contributed by atoms with Gasteiger partial charge in [-0.1, -0.05) is 19.1 Å². The van der Waals surface area contributed by atoms with Crippen LogP contribution in [-0.4, -0.2) is 33.9 Å². The molecule has 1 amide bonds. The maximum atomic E-state index is 12.6. The quantitative estimate of drug-likeness (QED) is 0.588. The lowest BCUT2D eigenvalue weighted by Crippen LogP contribution is -2.27. The van der Waals surface area contributed by atoms with Gasteiger partial charge in [0.2, 0.25) is 0 Å². The van der Waals surface area contributed by atoms with Crippen LogP contribution in [0.25, 0.3) is 22.4 Å². The molecule has 0 fully saturated rings. The van der Waals surface area contributed by atoms with Gasteiger partial charge in [0.1, 0.15) is 11.4 Å². The number of rotatable bonds is 5. The predicted molar refractivity (Wildman–Crippen MR) is 119 cm³/mol.